The Kier molecular flexibility index (Phi) is 7.48. The van der Waals surface area contributed by atoms with Crippen molar-refractivity contribution in [1.29, 1.82) is 0 Å². The van der Waals surface area contributed by atoms with Gasteiger partial charge in [0.2, 0.25) is 6.79 Å². The van der Waals surface area contributed by atoms with E-state index in [-0.39, 0.29) is 12.7 Å². The molecule has 8 heteroatoms. The number of amides is 1. The van der Waals surface area contributed by atoms with Crippen molar-refractivity contribution in [3.63, 3.8) is 0 Å². The molecule has 8 nitrogen and oxygen atoms in total. The predicted octanol–water partition coefficient (Wildman–Crippen LogP) is 3.41. The lowest BCUT2D eigenvalue weighted by molar-refractivity contribution is 0.0742. The Morgan fingerprint density at radius 2 is 1.73 bits per heavy atom. The van der Waals surface area contributed by atoms with E-state index >= 15 is 0 Å². The number of likely N-dealkylation sites (N-methyl/N-ethyl adjacent to an activating group) is 1. The molecule has 194 valence electrons. The molecule has 3 aromatic carbocycles. The van der Waals surface area contributed by atoms with Gasteiger partial charge in [0.25, 0.3) is 5.91 Å². The maximum Gasteiger partial charge on any atom is 0.254 e. The molecule has 0 spiro atoms. The van der Waals surface area contributed by atoms with Gasteiger partial charge >= 0.3 is 0 Å². The van der Waals surface area contributed by atoms with Crippen LogP contribution >= 0.6 is 0 Å². The van der Waals surface area contributed by atoms with Crippen molar-refractivity contribution in [2.24, 2.45) is 5.73 Å². The number of nitrogens with two attached hydrogens (primary N) is 2. The maximum absolute atomic E-state index is 13.4. The summed E-state index contributed by atoms with van der Waals surface area (Å²) < 4.78 is 10.9. The third-order valence-electron chi connectivity index (χ3n) is 7.04. The third-order valence-corrected chi connectivity index (χ3v) is 7.04. The smallest absolute Gasteiger partial charge is 0.254 e. The molecule has 0 unspecified atom stereocenters. The van der Waals surface area contributed by atoms with E-state index < -0.39 is 0 Å². The predicted molar refractivity (Wildman–Crippen MR) is 147 cm³/mol. The van der Waals surface area contributed by atoms with Crippen LogP contribution in [0, 0.1) is 0 Å². The van der Waals surface area contributed by atoms with Gasteiger partial charge in [-0.15, -0.1) is 0 Å². The number of carbonyl (C=O) groups excluding carboxylic acids is 1. The first-order valence-corrected chi connectivity index (χ1v) is 12.8. The van der Waals surface area contributed by atoms with Gasteiger partial charge in [-0.3, -0.25) is 4.79 Å². The fourth-order valence-electron chi connectivity index (χ4n) is 4.89. The molecule has 37 heavy (non-hydrogen) atoms. The molecular formula is C29H35N5O3. The van der Waals surface area contributed by atoms with Crippen LogP contribution in [0.25, 0.3) is 11.1 Å². The molecule has 0 aromatic heterocycles. The van der Waals surface area contributed by atoms with Crippen LogP contribution in [0.1, 0.15) is 22.3 Å². The average Bonchev–Trinajstić information content (AvgIpc) is 3.39. The number of benzene rings is 3. The SMILES string of the molecule is CN1CCN(c2ccc(-c3cccc(CN(CCCN)C(=O)c4ccc5c(c4)OCO5)c3)cc2N)CC1. The normalized spacial score (nSPS) is 15.1. The lowest BCUT2D eigenvalue weighted by Crippen LogP contribution is -2.44. The van der Waals surface area contributed by atoms with E-state index in [2.05, 4.69) is 47.2 Å². The van der Waals surface area contributed by atoms with Gasteiger partial charge < -0.3 is 35.6 Å². The highest BCUT2D eigenvalue weighted by Gasteiger charge is 2.21. The van der Waals surface area contributed by atoms with Crippen LogP contribution in [-0.4, -0.2) is 68.8 Å². The molecule has 0 radical (unpaired) electrons. The second-order valence-corrected chi connectivity index (χ2v) is 9.70. The van der Waals surface area contributed by atoms with Crippen molar-refractivity contribution in [2.75, 3.05) is 63.7 Å². The largest absolute Gasteiger partial charge is 0.454 e. The molecule has 0 saturated carbocycles. The summed E-state index contributed by atoms with van der Waals surface area (Å²) in [6, 6.07) is 19.9. The number of nitrogen functional groups attached to an aromatic ring is 1. The van der Waals surface area contributed by atoms with E-state index in [1.807, 2.05) is 17.0 Å². The molecule has 4 N–H and O–H groups in total. The molecule has 1 saturated heterocycles. The maximum atomic E-state index is 13.4. The second kappa shape index (κ2) is 11.1. The molecule has 5 rings (SSSR count). The number of carbonyl (C=O) groups is 1. The summed E-state index contributed by atoms with van der Waals surface area (Å²) in [5, 5.41) is 0. The number of hydrogen-bond donors (Lipinski definition) is 2. The van der Waals surface area contributed by atoms with Crippen LogP contribution in [0.3, 0.4) is 0 Å². The van der Waals surface area contributed by atoms with E-state index in [1.54, 1.807) is 18.2 Å². The average molecular weight is 502 g/mol. The van der Waals surface area contributed by atoms with Gasteiger partial charge in [-0.2, -0.15) is 0 Å². The minimum absolute atomic E-state index is 0.0575. The van der Waals surface area contributed by atoms with Gasteiger partial charge in [0, 0.05) is 44.8 Å². The summed E-state index contributed by atoms with van der Waals surface area (Å²) in [6.07, 6.45) is 0.722. The summed E-state index contributed by atoms with van der Waals surface area (Å²) in [4.78, 5) is 20.0. The Morgan fingerprint density at radius 1 is 0.946 bits per heavy atom. The summed E-state index contributed by atoms with van der Waals surface area (Å²) in [7, 11) is 2.15. The van der Waals surface area contributed by atoms with Gasteiger partial charge in [-0.25, -0.2) is 0 Å². The summed E-state index contributed by atoms with van der Waals surface area (Å²) in [5.41, 5.74) is 17.9. The van der Waals surface area contributed by atoms with E-state index in [1.165, 1.54) is 0 Å². The molecule has 2 aliphatic heterocycles. The Hall–Kier alpha value is -3.75. The van der Waals surface area contributed by atoms with Gasteiger partial charge in [-0.05, 0) is 73.1 Å². The molecule has 2 heterocycles. The zero-order valence-corrected chi connectivity index (χ0v) is 21.4. The number of hydrogen-bond acceptors (Lipinski definition) is 7. The number of anilines is 2. The highest BCUT2D eigenvalue weighted by atomic mass is 16.7. The third kappa shape index (κ3) is 5.65. The van der Waals surface area contributed by atoms with Crippen molar-refractivity contribution >= 4 is 17.3 Å². The van der Waals surface area contributed by atoms with Crippen LogP contribution in [-0.2, 0) is 6.54 Å². The number of fused-ring (bicyclic) bond motifs is 1. The molecule has 0 aliphatic carbocycles. The highest BCUT2D eigenvalue weighted by Crippen LogP contribution is 2.33. The Bertz CT molecular complexity index is 1260. The zero-order chi connectivity index (χ0) is 25.8. The highest BCUT2D eigenvalue weighted by molar-refractivity contribution is 5.95. The molecule has 3 aromatic rings. The van der Waals surface area contributed by atoms with E-state index in [4.69, 9.17) is 20.9 Å². The van der Waals surface area contributed by atoms with Crippen molar-refractivity contribution in [1.82, 2.24) is 9.80 Å². The Balaban J connectivity index is 1.34. The number of ether oxygens (including phenoxy) is 2. The quantitative estimate of drug-likeness (QED) is 0.457. The fourth-order valence-corrected chi connectivity index (χ4v) is 4.89. The van der Waals surface area contributed by atoms with Crippen LogP contribution in [0.5, 0.6) is 11.5 Å². The summed E-state index contributed by atoms with van der Waals surface area (Å²) in [5.74, 6) is 1.21. The lowest BCUT2D eigenvalue weighted by Gasteiger charge is -2.34. The molecule has 2 aliphatic rings. The zero-order valence-electron chi connectivity index (χ0n) is 21.4. The van der Waals surface area contributed by atoms with Crippen LogP contribution in [0.4, 0.5) is 11.4 Å². The van der Waals surface area contributed by atoms with E-state index in [0.717, 1.165) is 60.7 Å². The summed E-state index contributed by atoms with van der Waals surface area (Å²) in [6.45, 7) is 5.78. The molecular weight excluding hydrogens is 466 g/mol. The van der Waals surface area contributed by atoms with Crippen molar-refractivity contribution in [2.45, 2.75) is 13.0 Å². The van der Waals surface area contributed by atoms with E-state index in [0.29, 0.717) is 36.7 Å². The number of piperazine rings is 1. The summed E-state index contributed by atoms with van der Waals surface area (Å²) >= 11 is 0. The minimum Gasteiger partial charge on any atom is -0.454 e. The first-order valence-electron chi connectivity index (χ1n) is 12.8. The monoisotopic (exact) mass is 501 g/mol. The number of nitrogens with zero attached hydrogens (tertiary/aromatic N) is 3. The van der Waals surface area contributed by atoms with E-state index in [9.17, 15) is 4.79 Å². The van der Waals surface area contributed by atoms with Gasteiger partial charge in [0.15, 0.2) is 11.5 Å². The minimum atomic E-state index is -0.0575. The number of rotatable bonds is 8. The molecule has 0 bridgehead atoms. The molecule has 1 amide bonds. The van der Waals surface area contributed by atoms with Crippen molar-refractivity contribution in [3.8, 4) is 22.6 Å². The first kappa shape index (κ1) is 24.9. The molecule has 1 fully saturated rings. The van der Waals surface area contributed by atoms with Gasteiger partial charge in [-0.1, -0.05) is 24.3 Å². The van der Waals surface area contributed by atoms with Crippen molar-refractivity contribution in [3.05, 3.63) is 71.8 Å². The van der Waals surface area contributed by atoms with Crippen molar-refractivity contribution < 1.29 is 14.3 Å². The fraction of sp³-hybridized carbons (Fsp3) is 0.345. The van der Waals surface area contributed by atoms with Gasteiger partial charge in [0.05, 0.1) is 11.4 Å². The van der Waals surface area contributed by atoms with Gasteiger partial charge in [0.1, 0.15) is 0 Å². The Morgan fingerprint density at radius 3 is 2.51 bits per heavy atom. The first-order chi connectivity index (χ1) is 18.0. The Labute approximate surface area is 218 Å². The topological polar surface area (TPSA) is 97.3 Å². The van der Waals surface area contributed by atoms with Crippen LogP contribution in [0.2, 0.25) is 0 Å². The second-order valence-electron chi connectivity index (χ2n) is 9.70. The standard InChI is InChI=1S/C29H35N5O3/c1-32-12-14-33(15-13-32)26-8-6-23(17-25(26)31)22-5-2-4-21(16-22)19-34(11-3-10-30)29(35)24-7-9-27-28(18-24)37-20-36-27/h2,4-9,16-18H,3,10-15,19-20,30-31H2,1H3. The molecule has 0 atom stereocenters. The van der Waals surface area contributed by atoms with Crippen LogP contribution < -0.4 is 25.8 Å². The van der Waals surface area contributed by atoms with Crippen LogP contribution in [0.15, 0.2) is 60.7 Å². The lowest BCUT2D eigenvalue weighted by atomic mass is 10.0.